The second-order valence-corrected chi connectivity index (χ2v) is 5.88. The van der Waals surface area contributed by atoms with Gasteiger partial charge < -0.3 is 11.1 Å². The van der Waals surface area contributed by atoms with Crippen molar-refractivity contribution in [3.05, 3.63) is 41.9 Å². The minimum Gasteiger partial charge on any atom is -0.368 e. The lowest BCUT2D eigenvalue weighted by Crippen LogP contribution is -2.21. The standard InChI is InChI=1S/C18H27N5/c1-3-5-16(6-4-2)22-17-15(13-21-18(19)23-17)8-7-14-9-11-20-12-10-14/h9-13,16H,3-8H2,1-2H3,(H3,19,21,22,23). The lowest BCUT2D eigenvalue weighted by molar-refractivity contribution is 0.583. The number of rotatable bonds is 9. The maximum absolute atomic E-state index is 5.79. The van der Waals surface area contributed by atoms with E-state index in [0.717, 1.165) is 49.9 Å². The van der Waals surface area contributed by atoms with Crippen LogP contribution < -0.4 is 11.1 Å². The van der Waals surface area contributed by atoms with E-state index in [9.17, 15) is 0 Å². The number of hydrogen-bond donors (Lipinski definition) is 2. The second-order valence-electron chi connectivity index (χ2n) is 5.88. The van der Waals surface area contributed by atoms with Gasteiger partial charge in [-0.1, -0.05) is 26.7 Å². The van der Waals surface area contributed by atoms with Gasteiger partial charge in [0.15, 0.2) is 0 Å². The molecule has 0 aliphatic carbocycles. The van der Waals surface area contributed by atoms with E-state index in [-0.39, 0.29) is 0 Å². The van der Waals surface area contributed by atoms with E-state index in [0.29, 0.717) is 12.0 Å². The summed E-state index contributed by atoms with van der Waals surface area (Å²) in [6.45, 7) is 4.42. The highest BCUT2D eigenvalue weighted by atomic mass is 15.1. The minimum absolute atomic E-state index is 0.326. The first-order valence-corrected chi connectivity index (χ1v) is 8.49. The molecule has 0 saturated carbocycles. The van der Waals surface area contributed by atoms with Gasteiger partial charge in [0, 0.05) is 30.2 Å². The average molecular weight is 313 g/mol. The smallest absolute Gasteiger partial charge is 0.221 e. The Bertz CT molecular complexity index is 579. The first kappa shape index (κ1) is 17.2. The Hall–Kier alpha value is -2.17. The monoisotopic (exact) mass is 313 g/mol. The number of nitrogen functional groups attached to an aromatic ring is 1. The summed E-state index contributed by atoms with van der Waals surface area (Å²) in [6, 6.07) is 4.53. The SMILES string of the molecule is CCCC(CCC)Nc1nc(N)ncc1CCc1ccncc1. The number of anilines is 2. The van der Waals surface area contributed by atoms with E-state index >= 15 is 0 Å². The van der Waals surface area contributed by atoms with Crippen LogP contribution in [0.5, 0.6) is 0 Å². The quantitative estimate of drug-likeness (QED) is 0.739. The summed E-state index contributed by atoms with van der Waals surface area (Å²) < 4.78 is 0. The maximum Gasteiger partial charge on any atom is 0.221 e. The van der Waals surface area contributed by atoms with Gasteiger partial charge in [-0.2, -0.15) is 4.98 Å². The fraction of sp³-hybridized carbons (Fsp3) is 0.500. The van der Waals surface area contributed by atoms with Crippen molar-refractivity contribution in [1.29, 1.82) is 0 Å². The van der Waals surface area contributed by atoms with Crippen LogP contribution in [-0.2, 0) is 12.8 Å². The molecule has 124 valence electrons. The van der Waals surface area contributed by atoms with Crippen molar-refractivity contribution in [3.8, 4) is 0 Å². The third-order valence-electron chi connectivity index (χ3n) is 3.93. The summed E-state index contributed by atoms with van der Waals surface area (Å²) in [5.41, 5.74) is 8.17. The van der Waals surface area contributed by atoms with Gasteiger partial charge in [0.1, 0.15) is 5.82 Å². The third-order valence-corrected chi connectivity index (χ3v) is 3.93. The predicted octanol–water partition coefficient (Wildman–Crippen LogP) is 3.62. The molecule has 0 bridgehead atoms. The van der Waals surface area contributed by atoms with E-state index in [1.165, 1.54) is 5.56 Å². The van der Waals surface area contributed by atoms with Gasteiger partial charge >= 0.3 is 0 Å². The molecule has 0 saturated heterocycles. The molecular weight excluding hydrogens is 286 g/mol. The summed E-state index contributed by atoms with van der Waals surface area (Å²) in [5.74, 6) is 1.21. The van der Waals surface area contributed by atoms with Gasteiger partial charge in [0.05, 0.1) is 0 Å². The van der Waals surface area contributed by atoms with Gasteiger partial charge in [-0.15, -0.1) is 0 Å². The first-order chi connectivity index (χ1) is 11.2. The highest BCUT2D eigenvalue weighted by Gasteiger charge is 2.12. The van der Waals surface area contributed by atoms with Crippen LogP contribution in [0.25, 0.3) is 0 Å². The number of nitrogens with two attached hydrogens (primary N) is 1. The molecule has 2 aromatic heterocycles. The van der Waals surface area contributed by atoms with Crippen molar-refractivity contribution in [2.45, 2.75) is 58.4 Å². The van der Waals surface area contributed by atoms with E-state index in [4.69, 9.17) is 5.73 Å². The van der Waals surface area contributed by atoms with E-state index < -0.39 is 0 Å². The molecule has 5 nitrogen and oxygen atoms in total. The molecule has 0 unspecified atom stereocenters. The number of aromatic nitrogens is 3. The van der Waals surface area contributed by atoms with Crippen molar-refractivity contribution in [1.82, 2.24) is 15.0 Å². The Morgan fingerprint density at radius 1 is 1.09 bits per heavy atom. The molecule has 3 N–H and O–H groups in total. The Balaban J connectivity index is 2.09. The molecule has 2 heterocycles. The summed E-state index contributed by atoms with van der Waals surface area (Å²) in [7, 11) is 0. The largest absolute Gasteiger partial charge is 0.368 e. The lowest BCUT2D eigenvalue weighted by atomic mass is 10.0. The van der Waals surface area contributed by atoms with Crippen LogP contribution in [0.2, 0.25) is 0 Å². The average Bonchev–Trinajstić information content (AvgIpc) is 2.55. The zero-order valence-corrected chi connectivity index (χ0v) is 14.1. The molecule has 0 fully saturated rings. The zero-order valence-electron chi connectivity index (χ0n) is 14.1. The number of nitrogens with one attached hydrogen (secondary N) is 1. The number of hydrogen-bond acceptors (Lipinski definition) is 5. The fourth-order valence-corrected chi connectivity index (χ4v) is 2.74. The van der Waals surface area contributed by atoms with Crippen molar-refractivity contribution in [3.63, 3.8) is 0 Å². The fourth-order valence-electron chi connectivity index (χ4n) is 2.74. The Morgan fingerprint density at radius 3 is 2.43 bits per heavy atom. The molecular formula is C18H27N5. The lowest BCUT2D eigenvalue weighted by Gasteiger charge is -2.20. The molecule has 0 radical (unpaired) electrons. The Kier molecular flexibility index (Phi) is 6.78. The number of aryl methyl sites for hydroxylation is 2. The highest BCUT2D eigenvalue weighted by Crippen LogP contribution is 2.19. The molecule has 0 aromatic carbocycles. The first-order valence-electron chi connectivity index (χ1n) is 8.49. The third kappa shape index (κ3) is 5.51. The van der Waals surface area contributed by atoms with Crippen LogP contribution in [0.1, 0.15) is 50.7 Å². The summed E-state index contributed by atoms with van der Waals surface area (Å²) >= 11 is 0. The molecule has 2 rings (SSSR count). The molecule has 5 heteroatoms. The van der Waals surface area contributed by atoms with Crippen molar-refractivity contribution < 1.29 is 0 Å². The summed E-state index contributed by atoms with van der Waals surface area (Å²) in [4.78, 5) is 12.7. The van der Waals surface area contributed by atoms with E-state index in [1.807, 2.05) is 30.7 Å². The molecule has 0 aliphatic heterocycles. The number of pyridine rings is 1. The molecule has 0 atom stereocenters. The zero-order chi connectivity index (χ0) is 16.5. The minimum atomic E-state index is 0.326. The maximum atomic E-state index is 5.79. The predicted molar refractivity (Wildman–Crippen MR) is 95.3 cm³/mol. The van der Waals surface area contributed by atoms with Crippen LogP contribution in [-0.4, -0.2) is 21.0 Å². The topological polar surface area (TPSA) is 76.7 Å². The van der Waals surface area contributed by atoms with Crippen LogP contribution in [0.15, 0.2) is 30.7 Å². The van der Waals surface area contributed by atoms with Crippen LogP contribution in [0.3, 0.4) is 0 Å². The highest BCUT2D eigenvalue weighted by molar-refractivity contribution is 5.47. The Morgan fingerprint density at radius 2 is 1.78 bits per heavy atom. The van der Waals surface area contributed by atoms with Crippen LogP contribution in [0.4, 0.5) is 11.8 Å². The molecule has 0 aliphatic rings. The molecule has 23 heavy (non-hydrogen) atoms. The molecule has 0 spiro atoms. The second kappa shape index (κ2) is 9.08. The van der Waals surface area contributed by atoms with Crippen LogP contribution >= 0.6 is 0 Å². The van der Waals surface area contributed by atoms with Gasteiger partial charge in [-0.05, 0) is 43.4 Å². The molecule has 0 amide bonds. The van der Waals surface area contributed by atoms with Crippen LogP contribution in [0, 0.1) is 0 Å². The molecule has 2 aromatic rings. The van der Waals surface area contributed by atoms with E-state index in [2.05, 4.69) is 34.1 Å². The van der Waals surface area contributed by atoms with Gasteiger partial charge in [0.2, 0.25) is 5.95 Å². The van der Waals surface area contributed by atoms with Crippen molar-refractivity contribution >= 4 is 11.8 Å². The number of nitrogens with zero attached hydrogens (tertiary/aromatic N) is 3. The van der Waals surface area contributed by atoms with Crippen molar-refractivity contribution in [2.24, 2.45) is 0 Å². The summed E-state index contributed by atoms with van der Waals surface area (Å²) in [5, 5.41) is 3.58. The van der Waals surface area contributed by atoms with Crippen molar-refractivity contribution in [2.75, 3.05) is 11.1 Å². The van der Waals surface area contributed by atoms with Gasteiger partial charge in [-0.25, -0.2) is 4.98 Å². The van der Waals surface area contributed by atoms with Gasteiger partial charge in [-0.3, -0.25) is 4.98 Å². The van der Waals surface area contributed by atoms with E-state index in [1.54, 1.807) is 0 Å². The Labute approximate surface area is 138 Å². The normalized spacial score (nSPS) is 10.9. The van der Waals surface area contributed by atoms with Gasteiger partial charge in [0.25, 0.3) is 0 Å². The summed E-state index contributed by atoms with van der Waals surface area (Å²) in [6.07, 6.45) is 11.9.